The van der Waals surface area contributed by atoms with Crippen LogP contribution in [0.4, 0.5) is 11.4 Å². The fourth-order valence-electron chi connectivity index (χ4n) is 6.33. The quantitative estimate of drug-likeness (QED) is 0.121. The summed E-state index contributed by atoms with van der Waals surface area (Å²) in [6.07, 6.45) is 0.805. The fraction of sp³-hybridized carbons (Fsp3) is 0.265. The van der Waals surface area contributed by atoms with E-state index >= 15 is 0 Å². The van der Waals surface area contributed by atoms with Crippen LogP contribution in [-0.2, 0) is 30.5 Å². The Balaban J connectivity index is 1.04. The smallest absolute Gasteiger partial charge is 0.0622 e. The molecule has 47 heavy (non-hydrogen) atoms. The maximum absolute atomic E-state index is 13.5. The number of likely N-dealkylation sites (N-methyl/N-ethyl adjacent to an activating group) is 1. The molecule has 1 fully saturated rings. The van der Waals surface area contributed by atoms with Crippen molar-refractivity contribution < 1.29 is 18.0 Å². The number of nitrogens with one attached hydrogen (secondary N) is 3. The molecule has 244 valence electrons. The number of carbonyl (C=O) groups excluding carboxylic acids is 2. The number of rotatable bonds is 8. The van der Waals surface area contributed by atoms with Crippen LogP contribution in [-0.4, -0.2) is 54.2 Å². The van der Waals surface area contributed by atoms with Gasteiger partial charge in [0, 0.05) is 18.2 Å². The van der Waals surface area contributed by atoms with Crippen molar-refractivity contribution in [3.05, 3.63) is 112 Å². The molecular formula is C34H33ClIN5O4S2. The summed E-state index contributed by atoms with van der Waals surface area (Å²) >= 11 is 5.44. The monoisotopic (exact) mass is 801 g/mol. The Morgan fingerprint density at radius 2 is 1.83 bits per heavy atom. The van der Waals surface area contributed by atoms with E-state index in [1.165, 1.54) is 5.56 Å². The molecule has 3 N–H and O–H groups in total. The van der Waals surface area contributed by atoms with Gasteiger partial charge in [0.1, 0.15) is 0 Å². The molecule has 2 bridgehead atoms. The van der Waals surface area contributed by atoms with Crippen LogP contribution in [0.25, 0.3) is 0 Å². The van der Waals surface area contributed by atoms with E-state index in [-0.39, 0.29) is 32.5 Å². The standard InChI is InChI=1S/C34H33ClIN5O4S2/c1-41-27-10-6-5-9-26(27)31(21-7-3-2-4-8-21)39-33(34(41)43)37-20-29(42)38-25-12-11-23-19-36-16-15-22(17-24(23)18-25)32(36)40-47(44,45)30-14-13-28(35)46-30/h2-14,18,22,32-33,37,40H,15-17,19-20H2,1H3,(H,38,42)/t22?,32-,33+/m0/s1. The van der Waals surface area contributed by atoms with Gasteiger partial charge in [-0.05, 0) is 6.07 Å². The van der Waals surface area contributed by atoms with Gasteiger partial charge in [0.15, 0.2) is 0 Å². The molecule has 1 saturated heterocycles. The molecule has 4 heterocycles. The van der Waals surface area contributed by atoms with Gasteiger partial charge in [-0.25, -0.2) is 0 Å². The van der Waals surface area contributed by atoms with E-state index in [2.05, 4.69) is 21.4 Å². The third-order valence-electron chi connectivity index (χ3n) is 8.68. The molecule has 3 aliphatic heterocycles. The predicted octanol–water partition coefficient (Wildman–Crippen LogP) is 5.66. The first kappa shape index (κ1) is 32.4. The van der Waals surface area contributed by atoms with Gasteiger partial charge in [0.25, 0.3) is 0 Å². The number of nitrogens with zero attached hydrogens (tertiary/aromatic N) is 2. The molecule has 0 aliphatic carbocycles. The van der Waals surface area contributed by atoms with E-state index in [4.69, 9.17) is 16.6 Å². The molecule has 3 aliphatic rings. The van der Waals surface area contributed by atoms with Crippen LogP contribution in [0.1, 0.15) is 28.7 Å². The number of para-hydroxylation sites is 1. The Morgan fingerprint density at radius 3 is 2.62 bits per heavy atom. The molecule has 4 aromatic rings. The Morgan fingerprint density at radius 1 is 1.04 bits per heavy atom. The number of aliphatic imine (C=N–C) groups is 1. The zero-order valence-electron chi connectivity index (χ0n) is 25.5. The minimum atomic E-state index is -3.63. The predicted molar refractivity (Wildman–Crippen MR) is 197 cm³/mol. The number of alkyl halides is 3. The topological polar surface area (TPSA) is 120 Å². The van der Waals surface area contributed by atoms with Gasteiger partial charge in [0.05, 0.1) is 5.69 Å². The number of carbonyl (C=O) groups is 2. The summed E-state index contributed by atoms with van der Waals surface area (Å²) in [6, 6.07) is 26.5. The Kier molecular flexibility index (Phi) is 9.24. The minimum Gasteiger partial charge on any atom is -0.0622 e. The second-order valence-electron chi connectivity index (χ2n) is 11.7. The van der Waals surface area contributed by atoms with Crippen LogP contribution in [0.15, 0.2) is 94.1 Å². The fourth-order valence-corrected chi connectivity index (χ4v) is 18.1. The van der Waals surface area contributed by atoms with E-state index in [1.54, 1.807) is 24.1 Å². The zero-order valence-corrected chi connectivity index (χ0v) is 30.0. The van der Waals surface area contributed by atoms with Gasteiger partial charge in [0.2, 0.25) is 0 Å². The van der Waals surface area contributed by atoms with Gasteiger partial charge in [-0.1, -0.05) is 48.5 Å². The molecule has 3 aromatic carbocycles. The number of hydrogen-bond donors (Lipinski definition) is 3. The number of fused-ring (bicyclic) bond motifs is 4. The van der Waals surface area contributed by atoms with Crippen molar-refractivity contribution in [1.82, 2.24) is 10.0 Å². The summed E-state index contributed by atoms with van der Waals surface area (Å²) in [5, 5.41) is 6.06. The summed E-state index contributed by atoms with van der Waals surface area (Å²) in [5.41, 5.74) is 6.23. The van der Waals surface area contributed by atoms with E-state index in [0.717, 1.165) is 55.4 Å². The average molecular weight is 802 g/mol. The second kappa shape index (κ2) is 13.4. The summed E-state index contributed by atoms with van der Waals surface area (Å²) < 4.78 is 32.1. The molecule has 9 nitrogen and oxygen atoms in total. The Hall–Kier alpha value is -3.14. The third-order valence-corrected chi connectivity index (χ3v) is 19.3. The third kappa shape index (κ3) is 6.76. The van der Waals surface area contributed by atoms with Crippen LogP contribution in [0.3, 0.4) is 0 Å². The molecule has 0 spiro atoms. The Labute approximate surface area is 290 Å². The van der Waals surface area contributed by atoms with Crippen LogP contribution in [0.5, 0.6) is 0 Å². The van der Waals surface area contributed by atoms with Crippen molar-refractivity contribution >= 4 is 81.7 Å². The summed E-state index contributed by atoms with van der Waals surface area (Å²) in [5.74, 6) is -0.323. The first-order valence-electron chi connectivity index (χ1n) is 15.2. The summed E-state index contributed by atoms with van der Waals surface area (Å²) in [7, 11) is -1.91. The van der Waals surface area contributed by atoms with Gasteiger partial charge < -0.3 is 0 Å². The maximum atomic E-state index is 13.5. The van der Waals surface area contributed by atoms with Gasteiger partial charge in [-0.15, -0.1) is 0 Å². The van der Waals surface area contributed by atoms with E-state index in [9.17, 15) is 18.0 Å². The normalized spacial score (nSPS) is 21.4. The van der Waals surface area contributed by atoms with Crippen molar-refractivity contribution in [3.63, 3.8) is 0 Å². The molecule has 7 rings (SSSR count). The van der Waals surface area contributed by atoms with Gasteiger partial charge >= 0.3 is 214 Å². The van der Waals surface area contributed by atoms with E-state index in [1.807, 2.05) is 66.7 Å². The van der Waals surface area contributed by atoms with Gasteiger partial charge in [-0.2, -0.15) is 0 Å². The first-order valence-corrected chi connectivity index (χ1v) is 22.2. The number of anilines is 2. The number of amides is 2. The van der Waals surface area contributed by atoms with Gasteiger partial charge in [-0.3, -0.25) is 0 Å². The van der Waals surface area contributed by atoms with Crippen LogP contribution in [0.2, 0.25) is 4.34 Å². The Bertz CT molecular complexity index is 1990. The molecule has 2 amide bonds. The number of thiophene rings is 1. The summed E-state index contributed by atoms with van der Waals surface area (Å²) in [4.78, 5) is 33.1. The number of halogens is 2. The average Bonchev–Trinajstić information content (AvgIpc) is 3.60. The zero-order chi connectivity index (χ0) is 32.7. The van der Waals surface area contributed by atoms with E-state index < -0.39 is 36.0 Å². The van der Waals surface area contributed by atoms with Crippen molar-refractivity contribution in [2.45, 2.75) is 31.7 Å². The SMILES string of the molecule is CN1C(=O)[C@H](NCC(=O)Nc2ccc3c(c2)CC2CCI(C3)[C@H]2NS(=O)(=O)c2ccc(Cl)s2)N=C(c2ccccc2)c2ccccc21. The molecule has 3 atom stereocenters. The van der Waals surface area contributed by atoms with Crippen molar-refractivity contribution in [2.24, 2.45) is 10.9 Å². The first-order chi connectivity index (χ1) is 22.7. The number of benzodiazepines with no additional fused rings is 1. The molecule has 1 aromatic heterocycles. The molecule has 0 saturated carbocycles. The molecule has 0 radical (unpaired) electrons. The van der Waals surface area contributed by atoms with Crippen molar-refractivity contribution in [2.75, 3.05) is 28.2 Å². The summed E-state index contributed by atoms with van der Waals surface area (Å²) in [6.45, 7) is -0.113. The van der Waals surface area contributed by atoms with Crippen LogP contribution >= 0.6 is 42.8 Å². The molecule has 13 heteroatoms. The molecular weight excluding hydrogens is 769 g/mol. The number of sulfonamides is 1. The van der Waals surface area contributed by atoms with E-state index in [0.29, 0.717) is 15.7 Å². The number of hydrogen-bond acceptors (Lipinski definition) is 7. The van der Waals surface area contributed by atoms with Crippen molar-refractivity contribution in [1.29, 1.82) is 0 Å². The van der Waals surface area contributed by atoms with Crippen LogP contribution in [0, 0.1) is 5.92 Å². The minimum absolute atomic E-state index is 0.0116. The van der Waals surface area contributed by atoms with Crippen molar-refractivity contribution in [3.8, 4) is 0 Å². The number of benzene rings is 3. The molecule has 1 unspecified atom stereocenters. The second-order valence-corrected chi connectivity index (χ2v) is 21.4. The van der Waals surface area contributed by atoms with Crippen LogP contribution < -0.4 is 20.3 Å².